The van der Waals surface area contributed by atoms with E-state index < -0.39 is 24.0 Å². The predicted octanol–water partition coefficient (Wildman–Crippen LogP) is 2.24. The fourth-order valence-corrected chi connectivity index (χ4v) is 1.44. The SMILES string of the molecule is CCCOC(=O)C[C@@H](OC(=O)CC(C)C)C(=O)OCCC. The molecule has 0 spiro atoms. The molecule has 0 aromatic carbocycles. The number of ether oxygens (including phenoxy) is 3. The Morgan fingerprint density at radius 2 is 1.43 bits per heavy atom. The number of esters is 3. The molecule has 1 atom stereocenters. The summed E-state index contributed by atoms with van der Waals surface area (Å²) in [4.78, 5) is 35.1. The van der Waals surface area contributed by atoms with Crippen molar-refractivity contribution in [3.05, 3.63) is 0 Å². The molecule has 0 aliphatic carbocycles. The molecule has 0 aromatic heterocycles. The van der Waals surface area contributed by atoms with E-state index in [0.29, 0.717) is 12.8 Å². The normalized spacial score (nSPS) is 11.9. The first-order valence-corrected chi connectivity index (χ1v) is 7.42. The summed E-state index contributed by atoms with van der Waals surface area (Å²) in [6.45, 7) is 7.93. The molecular formula is C15H26O6. The number of hydrogen-bond donors (Lipinski definition) is 0. The van der Waals surface area contributed by atoms with Crippen LogP contribution in [0.25, 0.3) is 0 Å². The first-order valence-electron chi connectivity index (χ1n) is 7.42. The molecule has 0 unspecified atom stereocenters. The Kier molecular flexibility index (Phi) is 10.3. The zero-order chi connectivity index (χ0) is 16.3. The van der Waals surface area contributed by atoms with Gasteiger partial charge in [0.25, 0.3) is 0 Å². The second-order valence-corrected chi connectivity index (χ2v) is 5.17. The lowest BCUT2D eigenvalue weighted by Crippen LogP contribution is -2.32. The highest BCUT2D eigenvalue weighted by atomic mass is 16.6. The van der Waals surface area contributed by atoms with Crippen molar-refractivity contribution < 1.29 is 28.6 Å². The van der Waals surface area contributed by atoms with E-state index >= 15 is 0 Å². The average molecular weight is 302 g/mol. The quantitative estimate of drug-likeness (QED) is 0.455. The highest BCUT2D eigenvalue weighted by Crippen LogP contribution is 2.09. The summed E-state index contributed by atoms with van der Waals surface area (Å²) in [5, 5.41) is 0. The van der Waals surface area contributed by atoms with Crippen molar-refractivity contribution in [1.29, 1.82) is 0 Å². The minimum atomic E-state index is -1.23. The van der Waals surface area contributed by atoms with Gasteiger partial charge in [0, 0.05) is 6.42 Å². The molecule has 0 aliphatic heterocycles. The highest BCUT2D eigenvalue weighted by Gasteiger charge is 2.28. The molecule has 21 heavy (non-hydrogen) atoms. The topological polar surface area (TPSA) is 78.9 Å². The summed E-state index contributed by atoms with van der Waals surface area (Å²) >= 11 is 0. The van der Waals surface area contributed by atoms with E-state index in [1.807, 2.05) is 27.7 Å². The minimum absolute atomic E-state index is 0.108. The molecular weight excluding hydrogens is 276 g/mol. The van der Waals surface area contributed by atoms with Crippen LogP contribution in [0.2, 0.25) is 0 Å². The average Bonchev–Trinajstić information content (AvgIpc) is 2.40. The minimum Gasteiger partial charge on any atom is -0.466 e. The number of carbonyl (C=O) groups is 3. The van der Waals surface area contributed by atoms with Gasteiger partial charge in [-0.1, -0.05) is 27.7 Å². The summed E-state index contributed by atoms with van der Waals surface area (Å²) in [5.41, 5.74) is 0. The third-order valence-electron chi connectivity index (χ3n) is 2.38. The van der Waals surface area contributed by atoms with E-state index in [1.165, 1.54) is 0 Å². The Balaban J connectivity index is 4.56. The van der Waals surface area contributed by atoms with Crippen LogP contribution in [-0.2, 0) is 28.6 Å². The smallest absolute Gasteiger partial charge is 0.348 e. The first kappa shape index (κ1) is 19.4. The molecule has 0 fully saturated rings. The van der Waals surface area contributed by atoms with Gasteiger partial charge in [0.15, 0.2) is 0 Å². The maximum atomic E-state index is 11.8. The second kappa shape index (κ2) is 11.1. The lowest BCUT2D eigenvalue weighted by molar-refractivity contribution is -0.172. The maximum Gasteiger partial charge on any atom is 0.348 e. The van der Waals surface area contributed by atoms with Gasteiger partial charge in [-0.15, -0.1) is 0 Å². The standard InChI is InChI=1S/C15H26O6/c1-5-7-19-13(16)10-12(15(18)20-8-6-2)21-14(17)9-11(3)4/h11-12H,5-10H2,1-4H3/t12-/m1/s1. The molecule has 0 amide bonds. The van der Waals surface area contributed by atoms with Crippen LogP contribution in [0, 0.1) is 5.92 Å². The highest BCUT2D eigenvalue weighted by molar-refractivity contribution is 5.84. The van der Waals surface area contributed by atoms with Crippen LogP contribution in [0.1, 0.15) is 53.4 Å². The van der Waals surface area contributed by atoms with Gasteiger partial charge in [0.05, 0.1) is 19.6 Å². The Bertz CT molecular complexity index is 337. The zero-order valence-electron chi connectivity index (χ0n) is 13.3. The van der Waals surface area contributed by atoms with Gasteiger partial charge in [0.2, 0.25) is 6.10 Å². The molecule has 0 aromatic rings. The van der Waals surface area contributed by atoms with Crippen LogP contribution in [0.15, 0.2) is 0 Å². The van der Waals surface area contributed by atoms with Gasteiger partial charge in [-0.05, 0) is 18.8 Å². The van der Waals surface area contributed by atoms with E-state index in [9.17, 15) is 14.4 Å². The van der Waals surface area contributed by atoms with Gasteiger partial charge in [-0.3, -0.25) is 9.59 Å². The number of carbonyl (C=O) groups excluding carboxylic acids is 3. The van der Waals surface area contributed by atoms with Crippen molar-refractivity contribution in [2.24, 2.45) is 5.92 Å². The van der Waals surface area contributed by atoms with Gasteiger partial charge in [-0.25, -0.2) is 4.79 Å². The lowest BCUT2D eigenvalue weighted by Gasteiger charge is -2.16. The van der Waals surface area contributed by atoms with E-state index in [0.717, 1.165) is 0 Å². The van der Waals surface area contributed by atoms with Crippen molar-refractivity contribution in [1.82, 2.24) is 0 Å². The predicted molar refractivity (Wildman–Crippen MR) is 76.5 cm³/mol. The molecule has 0 saturated heterocycles. The van der Waals surface area contributed by atoms with E-state index in [-0.39, 0.29) is 32.0 Å². The molecule has 6 nitrogen and oxygen atoms in total. The summed E-state index contributed by atoms with van der Waals surface area (Å²) in [5.74, 6) is -1.70. The summed E-state index contributed by atoms with van der Waals surface area (Å²) in [7, 11) is 0. The van der Waals surface area contributed by atoms with Crippen molar-refractivity contribution >= 4 is 17.9 Å². The molecule has 122 valence electrons. The Hall–Kier alpha value is -1.59. The largest absolute Gasteiger partial charge is 0.466 e. The molecule has 0 saturated carbocycles. The van der Waals surface area contributed by atoms with Crippen molar-refractivity contribution in [3.8, 4) is 0 Å². The van der Waals surface area contributed by atoms with Gasteiger partial charge >= 0.3 is 17.9 Å². The van der Waals surface area contributed by atoms with Gasteiger partial charge in [-0.2, -0.15) is 0 Å². The molecule has 0 heterocycles. The van der Waals surface area contributed by atoms with E-state index in [1.54, 1.807) is 0 Å². The molecule has 0 aliphatic rings. The van der Waals surface area contributed by atoms with Gasteiger partial charge < -0.3 is 14.2 Å². The molecule has 0 radical (unpaired) electrons. The Labute approximate surface area is 126 Å². The Morgan fingerprint density at radius 3 is 1.95 bits per heavy atom. The molecule has 0 N–H and O–H groups in total. The summed E-state index contributed by atoms with van der Waals surface area (Å²) < 4.78 is 14.9. The maximum absolute atomic E-state index is 11.8. The fraction of sp³-hybridized carbons (Fsp3) is 0.800. The van der Waals surface area contributed by atoms with Crippen LogP contribution in [-0.4, -0.2) is 37.2 Å². The second-order valence-electron chi connectivity index (χ2n) is 5.17. The zero-order valence-corrected chi connectivity index (χ0v) is 13.3. The first-order chi connectivity index (χ1) is 9.90. The monoisotopic (exact) mass is 302 g/mol. The lowest BCUT2D eigenvalue weighted by atomic mass is 10.1. The van der Waals surface area contributed by atoms with E-state index in [2.05, 4.69) is 0 Å². The number of rotatable bonds is 10. The van der Waals surface area contributed by atoms with E-state index in [4.69, 9.17) is 14.2 Å². The number of hydrogen-bond acceptors (Lipinski definition) is 6. The fourth-order valence-electron chi connectivity index (χ4n) is 1.44. The van der Waals surface area contributed by atoms with Crippen LogP contribution in [0.3, 0.4) is 0 Å². The van der Waals surface area contributed by atoms with Crippen LogP contribution >= 0.6 is 0 Å². The van der Waals surface area contributed by atoms with Crippen molar-refractivity contribution in [2.45, 2.75) is 59.5 Å². The Morgan fingerprint density at radius 1 is 0.857 bits per heavy atom. The molecule has 6 heteroatoms. The van der Waals surface area contributed by atoms with Crippen molar-refractivity contribution in [2.75, 3.05) is 13.2 Å². The van der Waals surface area contributed by atoms with Crippen LogP contribution in [0.5, 0.6) is 0 Å². The van der Waals surface area contributed by atoms with Crippen LogP contribution in [0.4, 0.5) is 0 Å². The summed E-state index contributed by atoms with van der Waals surface area (Å²) in [6, 6.07) is 0. The summed E-state index contributed by atoms with van der Waals surface area (Å²) in [6.07, 6.45) is -0.0247. The molecule has 0 bridgehead atoms. The van der Waals surface area contributed by atoms with Crippen molar-refractivity contribution in [3.63, 3.8) is 0 Å². The van der Waals surface area contributed by atoms with Gasteiger partial charge in [0.1, 0.15) is 0 Å². The molecule has 0 rings (SSSR count). The third kappa shape index (κ3) is 9.87. The third-order valence-corrected chi connectivity index (χ3v) is 2.38. The van der Waals surface area contributed by atoms with Crippen LogP contribution < -0.4 is 0 Å².